The summed E-state index contributed by atoms with van der Waals surface area (Å²) in [5.74, 6) is 0.557. The second-order valence-corrected chi connectivity index (χ2v) is 6.33. The highest BCUT2D eigenvalue weighted by Crippen LogP contribution is 2.15. The minimum atomic E-state index is 0.302. The standard InChI is InChI=1S/C18H31N5/c1-4-23-12-8-11-17(23)14-21-18(19)20-13-15(2)22(3)16-9-6-5-7-10-16/h5-7,9-10,15,17H,4,8,11-14H2,1-3H3,(H3,19,20,21). The zero-order valence-electron chi connectivity index (χ0n) is 14.7. The molecule has 2 atom stereocenters. The summed E-state index contributed by atoms with van der Waals surface area (Å²) in [4.78, 5) is 9.24. The minimum absolute atomic E-state index is 0.302. The maximum absolute atomic E-state index is 6.03. The number of rotatable bonds is 7. The van der Waals surface area contributed by atoms with Crippen LogP contribution in [0.1, 0.15) is 26.7 Å². The van der Waals surface area contributed by atoms with Gasteiger partial charge >= 0.3 is 0 Å². The van der Waals surface area contributed by atoms with Crippen molar-refractivity contribution < 1.29 is 0 Å². The van der Waals surface area contributed by atoms with Crippen LogP contribution in [0, 0.1) is 0 Å². The molecule has 1 heterocycles. The second kappa shape index (κ2) is 8.77. The van der Waals surface area contributed by atoms with Crippen molar-refractivity contribution in [1.82, 2.24) is 10.2 Å². The van der Waals surface area contributed by atoms with E-state index >= 15 is 0 Å². The first-order valence-corrected chi connectivity index (χ1v) is 8.67. The van der Waals surface area contributed by atoms with E-state index in [2.05, 4.69) is 65.3 Å². The fourth-order valence-corrected chi connectivity index (χ4v) is 3.09. The number of likely N-dealkylation sites (N-methyl/N-ethyl adjacent to an activating group) is 2. The zero-order valence-corrected chi connectivity index (χ0v) is 14.7. The summed E-state index contributed by atoms with van der Waals surface area (Å²) in [7, 11) is 2.09. The second-order valence-electron chi connectivity index (χ2n) is 6.33. The summed E-state index contributed by atoms with van der Waals surface area (Å²) >= 11 is 0. The molecule has 23 heavy (non-hydrogen) atoms. The van der Waals surface area contributed by atoms with Crippen molar-refractivity contribution >= 4 is 11.6 Å². The van der Waals surface area contributed by atoms with Crippen molar-refractivity contribution in [2.24, 2.45) is 10.7 Å². The number of para-hydroxylation sites is 1. The topological polar surface area (TPSA) is 56.9 Å². The molecule has 1 aliphatic rings. The third-order valence-corrected chi connectivity index (χ3v) is 4.77. The molecule has 1 aromatic carbocycles. The van der Waals surface area contributed by atoms with Crippen molar-refractivity contribution in [3.8, 4) is 0 Å². The third kappa shape index (κ3) is 5.13. The van der Waals surface area contributed by atoms with Gasteiger partial charge in [-0.05, 0) is 45.0 Å². The normalized spacial score (nSPS) is 20.5. The highest BCUT2D eigenvalue weighted by molar-refractivity contribution is 5.77. The van der Waals surface area contributed by atoms with E-state index in [1.165, 1.54) is 25.1 Å². The molecule has 0 aromatic heterocycles. The first-order valence-electron chi connectivity index (χ1n) is 8.67. The molecule has 1 fully saturated rings. The molecule has 0 radical (unpaired) electrons. The van der Waals surface area contributed by atoms with Crippen LogP contribution in [0.2, 0.25) is 0 Å². The molecule has 0 bridgehead atoms. The molecule has 5 nitrogen and oxygen atoms in total. The van der Waals surface area contributed by atoms with Gasteiger partial charge in [0.15, 0.2) is 5.96 Å². The van der Waals surface area contributed by atoms with Crippen LogP contribution in [0.4, 0.5) is 5.69 Å². The Hall–Kier alpha value is -1.75. The average Bonchev–Trinajstić information content (AvgIpc) is 3.05. The monoisotopic (exact) mass is 317 g/mol. The van der Waals surface area contributed by atoms with Gasteiger partial charge in [0.1, 0.15) is 0 Å². The predicted molar refractivity (Wildman–Crippen MR) is 99.1 cm³/mol. The Labute approximate surface area is 140 Å². The smallest absolute Gasteiger partial charge is 0.188 e. The number of hydrogen-bond donors (Lipinski definition) is 2. The van der Waals surface area contributed by atoms with Crippen LogP contribution < -0.4 is 16.0 Å². The summed E-state index contributed by atoms with van der Waals surface area (Å²) in [5.41, 5.74) is 7.23. The van der Waals surface area contributed by atoms with Crippen molar-refractivity contribution in [2.75, 3.05) is 38.1 Å². The maximum Gasteiger partial charge on any atom is 0.188 e. The molecular formula is C18H31N5. The minimum Gasteiger partial charge on any atom is -0.370 e. The van der Waals surface area contributed by atoms with Gasteiger partial charge in [-0.25, -0.2) is 0 Å². The number of guanidine groups is 1. The van der Waals surface area contributed by atoms with Gasteiger partial charge < -0.3 is 16.0 Å². The maximum atomic E-state index is 6.03. The fourth-order valence-electron chi connectivity index (χ4n) is 3.09. The van der Waals surface area contributed by atoms with E-state index in [0.29, 0.717) is 24.6 Å². The van der Waals surface area contributed by atoms with Gasteiger partial charge in [0.25, 0.3) is 0 Å². The van der Waals surface area contributed by atoms with Crippen LogP contribution >= 0.6 is 0 Å². The lowest BCUT2D eigenvalue weighted by molar-refractivity contribution is 0.267. The van der Waals surface area contributed by atoms with Gasteiger partial charge in [-0.15, -0.1) is 0 Å². The van der Waals surface area contributed by atoms with E-state index in [9.17, 15) is 0 Å². The van der Waals surface area contributed by atoms with Gasteiger partial charge in [-0.1, -0.05) is 25.1 Å². The molecule has 1 aliphatic heterocycles. The van der Waals surface area contributed by atoms with Crippen LogP contribution in [0.3, 0.4) is 0 Å². The number of nitrogens with two attached hydrogens (primary N) is 1. The third-order valence-electron chi connectivity index (χ3n) is 4.77. The molecule has 1 aromatic rings. The summed E-state index contributed by atoms with van der Waals surface area (Å²) < 4.78 is 0. The van der Waals surface area contributed by atoms with Gasteiger partial charge in [0, 0.05) is 31.4 Å². The summed E-state index contributed by atoms with van der Waals surface area (Å²) in [6.07, 6.45) is 2.54. The molecule has 128 valence electrons. The Morgan fingerprint density at radius 2 is 2.17 bits per heavy atom. The Morgan fingerprint density at radius 3 is 2.87 bits per heavy atom. The number of nitrogens with zero attached hydrogens (tertiary/aromatic N) is 3. The molecule has 2 unspecified atom stereocenters. The summed E-state index contributed by atoms with van der Waals surface area (Å²) in [6, 6.07) is 11.3. The molecule has 0 amide bonds. The van der Waals surface area contributed by atoms with Crippen LogP contribution in [0.25, 0.3) is 0 Å². The van der Waals surface area contributed by atoms with Gasteiger partial charge in [0.2, 0.25) is 0 Å². The average molecular weight is 317 g/mol. The van der Waals surface area contributed by atoms with Gasteiger partial charge in [-0.3, -0.25) is 9.89 Å². The van der Waals surface area contributed by atoms with Crippen molar-refractivity contribution in [3.05, 3.63) is 30.3 Å². The lowest BCUT2D eigenvalue weighted by Crippen LogP contribution is -2.43. The van der Waals surface area contributed by atoms with Crippen LogP contribution in [0.5, 0.6) is 0 Å². The van der Waals surface area contributed by atoms with Crippen LogP contribution in [-0.4, -0.2) is 56.2 Å². The highest BCUT2D eigenvalue weighted by atomic mass is 15.2. The largest absolute Gasteiger partial charge is 0.370 e. The van der Waals surface area contributed by atoms with Crippen molar-refractivity contribution in [1.29, 1.82) is 0 Å². The van der Waals surface area contributed by atoms with E-state index in [-0.39, 0.29) is 0 Å². The van der Waals surface area contributed by atoms with E-state index in [1.807, 2.05) is 6.07 Å². The van der Waals surface area contributed by atoms with E-state index in [4.69, 9.17) is 5.73 Å². The Morgan fingerprint density at radius 1 is 1.43 bits per heavy atom. The number of hydrogen-bond acceptors (Lipinski definition) is 3. The molecule has 0 spiro atoms. The number of anilines is 1. The van der Waals surface area contributed by atoms with Crippen molar-refractivity contribution in [2.45, 2.75) is 38.8 Å². The van der Waals surface area contributed by atoms with E-state index < -0.39 is 0 Å². The molecule has 2 rings (SSSR count). The molecule has 1 saturated heterocycles. The van der Waals surface area contributed by atoms with Crippen molar-refractivity contribution in [3.63, 3.8) is 0 Å². The molecule has 0 aliphatic carbocycles. The summed E-state index contributed by atoms with van der Waals surface area (Å²) in [5, 5.41) is 3.29. The highest BCUT2D eigenvalue weighted by Gasteiger charge is 2.22. The van der Waals surface area contributed by atoms with E-state index in [1.54, 1.807) is 0 Å². The lowest BCUT2D eigenvalue weighted by atomic mass is 10.2. The van der Waals surface area contributed by atoms with Gasteiger partial charge in [-0.2, -0.15) is 0 Å². The number of nitrogens with one attached hydrogen (secondary N) is 1. The zero-order chi connectivity index (χ0) is 16.7. The molecule has 5 heteroatoms. The molecular weight excluding hydrogens is 286 g/mol. The SMILES string of the molecule is CCN1CCCC1CNC(N)=NCC(C)N(C)c1ccccc1. The Kier molecular flexibility index (Phi) is 6.71. The first-order chi connectivity index (χ1) is 11.1. The Bertz CT molecular complexity index is 487. The van der Waals surface area contributed by atoms with Crippen LogP contribution in [-0.2, 0) is 0 Å². The fraction of sp³-hybridized carbons (Fsp3) is 0.611. The number of aliphatic imine (C=N–C) groups is 1. The first kappa shape index (κ1) is 17.6. The lowest BCUT2D eigenvalue weighted by Gasteiger charge is -2.26. The van der Waals surface area contributed by atoms with Gasteiger partial charge in [0.05, 0.1) is 6.54 Å². The quantitative estimate of drug-likeness (QED) is 0.596. The summed E-state index contributed by atoms with van der Waals surface area (Å²) in [6.45, 7) is 8.29. The molecule has 0 saturated carbocycles. The predicted octanol–water partition coefficient (Wildman–Crippen LogP) is 1.90. The molecule has 3 N–H and O–H groups in total. The Balaban J connectivity index is 1.77. The number of benzene rings is 1. The van der Waals surface area contributed by atoms with E-state index in [0.717, 1.165) is 13.1 Å². The number of likely N-dealkylation sites (tertiary alicyclic amines) is 1. The van der Waals surface area contributed by atoms with Crippen LogP contribution in [0.15, 0.2) is 35.3 Å².